The molecule has 1 saturated heterocycles. The number of piperidine rings is 1. The molecule has 1 aliphatic heterocycles. The highest BCUT2D eigenvalue weighted by atomic mass is 19.4. The first kappa shape index (κ1) is 20.6. The summed E-state index contributed by atoms with van der Waals surface area (Å²) >= 11 is 0. The van der Waals surface area contributed by atoms with Crippen molar-refractivity contribution >= 4 is 5.65 Å². The number of nitrogens with zero attached hydrogens (tertiary/aromatic N) is 4. The topological polar surface area (TPSA) is 33.4 Å². The number of likely N-dealkylation sites (N-methyl/N-ethyl adjacent to an activating group) is 1. The summed E-state index contributed by atoms with van der Waals surface area (Å²) in [4.78, 5) is 7.12. The molecule has 29 heavy (non-hydrogen) atoms. The Morgan fingerprint density at radius 3 is 2.41 bits per heavy atom. The lowest BCUT2D eigenvalue weighted by Gasteiger charge is -2.36. The molecule has 0 unspecified atom stereocenters. The smallest absolute Gasteiger partial charge is 0.306 e. The Hall–Kier alpha value is -1.63. The van der Waals surface area contributed by atoms with Gasteiger partial charge in [0.25, 0.3) is 0 Å². The molecule has 7 heteroatoms. The second-order valence-corrected chi connectivity index (χ2v) is 9.27. The molecule has 0 aromatic carbocycles. The third-order valence-electron chi connectivity index (χ3n) is 7.27. The Morgan fingerprint density at radius 1 is 1.07 bits per heavy atom. The summed E-state index contributed by atoms with van der Waals surface area (Å²) in [7, 11) is 2.16. The Balaban J connectivity index is 1.68. The van der Waals surface area contributed by atoms with Gasteiger partial charge in [-0.15, -0.1) is 0 Å². The summed E-state index contributed by atoms with van der Waals surface area (Å²) in [5.74, 6) is -0.126. The van der Waals surface area contributed by atoms with Crippen molar-refractivity contribution in [3.63, 3.8) is 0 Å². The van der Waals surface area contributed by atoms with E-state index in [1.165, 1.54) is 11.3 Å². The number of likely N-dealkylation sites (tertiary alicyclic amines) is 1. The highest BCUT2D eigenvalue weighted by molar-refractivity contribution is 5.46. The molecular formula is C22H31F3N4. The van der Waals surface area contributed by atoms with Gasteiger partial charge in [-0.2, -0.15) is 18.3 Å². The van der Waals surface area contributed by atoms with Crippen molar-refractivity contribution in [3.05, 3.63) is 28.7 Å². The number of hydrogen-bond donors (Lipinski definition) is 0. The fraction of sp³-hybridized carbons (Fsp3) is 0.727. The van der Waals surface area contributed by atoms with Crippen molar-refractivity contribution in [3.8, 4) is 0 Å². The molecule has 4 rings (SSSR count). The zero-order valence-electron chi connectivity index (χ0n) is 17.8. The van der Waals surface area contributed by atoms with Gasteiger partial charge in [-0.1, -0.05) is 6.92 Å². The molecule has 2 fully saturated rings. The van der Waals surface area contributed by atoms with Gasteiger partial charge >= 0.3 is 6.18 Å². The lowest BCUT2D eigenvalue weighted by molar-refractivity contribution is -0.182. The van der Waals surface area contributed by atoms with Crippen LogP contribution in [0.4, 0.5) is 13.2 Å². The van der Waals surface area contributed by atoms with Gasteiger partial charge in [-0.25, -0.2) is 9.50 Å². The molecule has 1 saturated carbocycles. The Morgan fingerprint density at radius 2 is 1.76 bits per heavy atom. The lowest BCUT2D eigenvalue weighted by Crippen LogP contribution is -2.37. The van der Waals surface area contributed by atoms with Crippen LogP contribution in [-0.4, -0.2) is 45.8 Å². The highest BCUT2D eigenvalue weighted by Crippen LogP contribution is 2.43. The van der Waals surface area contributed by atoms with E-state index >= 15 is 0 Å². The minimum atomic E-state index is -4.07. The first-order valence-corrected chi connectivity index (χ1v) is 10.8. The molecule has 2 atom stereocenters. The third kappa shape index (κ3) is 3.90. The van der Waals surface area contributed by atoms with Crippen molar-refractivity contribution in [2.75, 3.05) is 20.1 Å². The maximum atomic E-state index is 13.0. The van der Waals surface area contributed by atoms with E-state index in [0.717, 1.165) is 36.5 Å². The van der Waals surface area contributed by atoms with Gasteiger partial charge in [-0.3, -0.25) is 0 Å². The number of halogens is 3. The zero-order chi connectivity index (χ0) is 20.9. The number of rotatable bonds is 2. The van der Waals surface area contributed by atoms with Crippen molar-refractivity contribution in [1.29, 1.82) is 0 Å². The van der Waals surface area contributed by atoms with E-state index in [1.807, 2.05) is 17.5 Å². The van der Waals surface area contributed by atoms with E-state index in [4.69, 9.17) is 10.1 Å². The SMILES string of the molecule is Cc1nc2cc(C3CCC(C(F)(F)F)CC3)nn2c([C@H]2CN(C)CC[C@H]2C)c1C. The molecule has 0 bridgehead atoms. The summed E-state index contributed by atoms with van der Waals surface area (Å²) in [5.41, 5.74) is 5.15. The normalized spacial score (nSPS) is 29.5. The van der Waals surface area contributed by atoms with Crippen LogP contribution in [0.3, 0.4) is 0 Å². The molecular weight excluding hydrogens is 377 g/mol. The average Bonchev–Trinajstić information content (AvgIpc) is 3.08. The number of hydrogen-bond acceptors (Lipinski definition) is 3. The maximum Gasteiger partial charge on any atom is 0.391 e. The fourth-order valence-electron chi connectivity index (χ4n) is 5.19. The minimum absolute atomic E-state index is 0.0928. The predicted octanol–water partition coefficient (Wildman–Crippen LogP) is 5.24. The van der Waals surface area contributed by atoms with Crippen molar-refractivity contribution in [2.45, 2.75) is 70.9 Å². The molecule has 4 nitrogen and oxygen atoms in total. The summed E-state index contributed by atoms with van der Waals surface area (Å²) in [5, 5.41) is 4.91. The monoisotopic (exact) mass is 408 g/mol. The van der Waals surface area contributed by atoms with Crippen molar-refractivity contribution < 1.29 is 13.2 Å². The van der Waals surface area contributed by atoms with Crippen LogP contribution in [0.2, 0.25) is 0 Å². The summed E-state index contributed by atoms with van der Waals surface area (Å²) < 4.78 is 41.1. The van der Waals surface area contributed by atoms with Crippen molar-refractivity contribution in [2.24, 2.45) is 11.8 Å². The van der Waals surface area contributed by atoms with E-state index in [9.17, 15) is 13.2 Å². The molecule has 0 radical (unpaired) electrons. The molecule has 3 heterocycles. The fourth-order valence-corrected chi connectivity index (χ4v) is 5.19. The van der Waals surface area contributed by atoms with Gasteiger partial charge in [0.05, 0.1) is 17.3 Å². The van der Waals surface area contributed by atoms with Crippen LogP contribution >= 0.6 is 0 Å². The highest BCUT2D eigenvalue weighted by Gasteiger charge is 2.42. The van der Waals surface area contributed by atoms with E-state index in [0.29, 0.717) is 24.7 Å². The molecule has 0 spiro atoms. The van der Waals surface area contributed by atoms with Crippen LogP contribution in [0, 0.1) is 25.7 Å². The second kappa shape index (κ2) is 7.56. The maximum absolute atomic E-state index is 13.0. The van der Waals surface area contributed by atoms with Crippen molar-refractivity contribution in [1.82, 2.24) is 19.5 Å². The summed E-state index contributed by atoms with van der Waals surface area (Å²) in [6.07, 6.45) is -1.43. The van der Waals surface area contributed by atoms with Crippen LogP contribution in [0.15, 0.2) is 6.07 Å². The minimum Gasteiger partial charge on any atom is -0.306 e. The van der Waals surface area contributed by atoms with Gasteiger partial charge in [0.2, 0.25) is 0 Å². The van der Waals surface area contributed by atoms with E-state index in [2.05, 4.69) is 25.8 Å². The van der Waals surface area contributed by atoms with Gasteiger partial charge < -0.3 is 4.90 Å². The molecule has 160 valence electrons. The summed E-state index contributed by atoms with van der Waals surface area (Å²) in [6, 6.07) is 2.01. The van der Waals surface area contributed by atoms with Crippen LogP contribution in [0.5, 0.6) is 0 Å². The van der Waals surface area contributed by atoms with E-state index in [-0.39, 0.29) is 18.8 Å². The third-order valence-corrected chi connectivity index (χ3v) is 7.27. The number of fused-ring (bicyclic) bond motifs is 1. The lowest BCUT2D eigenvalue weighted by atomic mass is 9.80. The van der Waals surface area contributed by atoms with E-state index in [1.54, 1.807) is 0 Å². The first-order valence-electron chi connectivity index (χ1n) is 10.8. The molecule has 0 N–H and O–H groups in total. The van der Waals surface area contributed by atoms with Gasteiger partial charge in [0.15, 0.2) is 5.65 Å². The van der Waals surface area contributed by atoms with Crippen LogP contribution < -0.4 is 0 Å². The first-order chi connectivity index (χ1) is 13.6. The number of aromatic nitrogens is 3. The van der Waals surface area contributed by atoms with E-state index < -0.39 is 12.1 Å². The molecule has 1 aliphatic carbocycles. The van der Waals surface area contributed by atoms with Gasteiger partial charge in [0.1, 0.15) is 0 Å². The molecule has 2 aliphatic rings. The standard InChI is InChI=1S/C22H31F3N4/c1-13-9-10-28(4)12-18(13)21-14(2)15(3)26-20-11-19(27-29(20)21)16-5-7-17(8-6-16)22(23,24)25/h11,13,16-18H,5-10,12H2,1-4H3/t13-,16?,17?,18+/m1/s1. The molecule has 2 aromatic heterocycles. The Bertz CT molecular complexity index is 880. The summed E-state index contributed by atoms with van der Waals surface area (Å²) in [6.45, 7) is 8.57. The Labute approximate surface area is 170 Å². The molecule has 0 amide bonds. The largest absolute Gasteiger partial charge is 0.391 e. The zero-order valence-corrected chi connectivity index (χ0v) is 17.8. The second-order valence-electron chi connectivity index (χ2n) is 9.27. The molecule has 2 aromatic rings. The van der Waals surface area contributed by atoms with Crippen LogP contribution in [-0.2, 0) is 0 Å². The Kier molecular flexibility index (Phi) is 5.38. The number of aryl methyl sites for hydroxylation is 1. The van der Waals surface area contributed by atoms with Gasteiger partial charge in [0, 0.05) is 30.1 Å². The average molecular weight is 409 g/mol. The quantitative estimate of drug-likeness (QED) is 0.682. The van der Waals surface area contributed by atoms with Crippen LogP contribution in [0.1, 0.15) is 73.5 Å². The van der Waals surface area contributed by atoms with Gasteiger partial charge in [-0.05, 0) is 71.0 Å². The van der Waals surface area contributed by atoms with Crippen LogP contribution in [0.25, 0.3) is 5.65 Å². The predicted molar refractivity (Wildman–Crippen MR) is 107 cm³/mol. The number of alkyl halides is 3.